The monoisotopic (exact) mass is 206 g/mol. The van der Waals surface area contributed by atoms with E-state index in [0.717, 1.165) is 12.1 Å². The van der Waals surface area contributed by atoms with E-state index >= 15 is 0 Å². The molecule has 1 unspecified atom stereocenters. The summed E-state index contributed by atoms with van der Waals surface area (Å²) >= 11 is 0. The predicted octanol–water partition coefficient (Wildman–Crippen LogP) is 0.203. The molecule has 6 nitrogen and oxygen atoms in total. The van der Waals surface area contributed by atoms with Crippen molar-refractivity contribution in [2.24, 2.45) is 0 Å². The summed E-state index contributed by atoms with van der Waals surface area (Å²) in [7, 11) is 1.81. The van der Waals surface area contributed by atoms with Crippen LogP contribution in [-0.2, 0) is 0 Å². The lowest BCUT2D eigenvalue weighted by atomic mass is 10.1. The van der Waals surface area contributed by atoms with Gasteiger partial charge in [-0.2, -0.15) is 4.98 Å². The van der Waals surface area contributed by atoms with Crippen LogP contribution in [-0.4, -0.2) is 52.2 Å². The van der Waals surface area contributed by atoms with Crippen LogP contribution in [0.25, 0.3) is 5.57 Å². The molecule has 2 aliphatic heterocycles. The third-order valence-electron chi connectivity index (χ3n) is 2.88. The molecule has 0 N–H and O–H groups in total. The Bertz CT molecular complexity index is 425. The number of hydrogen-bond acceptors (Lipinski definition) is 4. The molecular weight excluding hydrogens is 196 g/mol. The van der Waals surface area contributed by atoms with Gasteiger partial charge in [0.25, 0.3) is 0 Å². The Morgan fingerprint density at radius 2 is 2.47 bits per heavy atom. The summed E-state index contributed by atoms with van der Waals surface area (Å²) in [6.45, 7) is 1.33. The first-order chi connectivity index (χ1) is 7.25. The van der Waals surface area contributed by atoms with Crippen LogP contribution in [0.3, 0.4) is 0 Å². The van der Waals surface area contributed by atoms with Crippen molar-refractivity contribution in [2.75, 3.05) is 20.1 Å². The summed E-state index contributed by atoms with van der Waals surface area (Å²) in [4.78, 5) is 19.2. The number of hydrogen-bond donors (Lipinski definition) is 0. The Hall–Kier alpha value is -1.85. The third-order valence-corrected chi connectivity index (χ3v) is 2.88. The van der Waals surface area contributed by atoms with E-state index in [4.69, 9.17) is 4.52 Å². The predicted molar refractivity (Wildman–Crippen MR) is 50.8 cm³/mol. The van der Waals surface area contributed by atoms with Gasteiger partial charge in [-0.3, -0.25) is 0 Å². The van der Waals surface area contributed by atoms with Crippen LogP contribution in [0, 0.1) is 0 Å². The van der Waals surface area contributed by atoms with Crippen molar-refractivity contribution in [3.8, 4) is 0 Å². The number of carbonyl (C=O) groups is 1. The maximum atomic E-state index is 11.7. The van der Waals surface area contributed by atoms with E-state index in [-0.39, 0.29) is 12.1 Å². The first-order valence-electron chi connectivity index (χ1n) is 4.75. The number of urea groups is 1. The summed E-state index contributed by atoms with van der Waals surface area (Å²) < 4.78 is 4.69. The number of aromatic nitrogens is 2. The summed E-state index contributed by atoms with van der Waals surface area (Å²) in [5.74, 6) is 0.577. The first-order valence-corrected chi connectivity index (χ1v) is 4.75. The smallest absolute Gasteiger partial charge is 0.320 e. The largest absolute Gasteiger partial charge is 0.342 e. The molecule has 1 aromatic rings. The summed E-state index contributed by atoms with van der Waals surface area (Å²) in [6.07, 6.45) is 3.33. The van der Waals surface area contributed by atoms with Crippen molar-refractivity contribution < 1.29 is 9.32 Å². The van der Waals surface area contributed by atoms with Gasteiger partial charge in [-0.1, -0.05) is 11.2 Å². The van der Waals surface area contributed by atoms with Crippen LogP contribution in [0.15, 0.2) is 17.0 Å². The highest BCUT2D eigenvalue weighted by Crippen LogP contribution is 2.26. The summed E-state index contributed by atoms with van der Waals surface area (Å²) in [5.41, 5.74) is 0.956. The highest BCUT2D eigenvalue weighted by Gasteiger charge is 2.38. The SMILES string of the molecule is CN1C(=O)N2CC(c3ncon3)=CC1C2. The lowest BCUT2D eigenvalue weighted by molar-refractivity contribution is 0.202. The molecule has 1 aromatic heterocycles. The van der Waals surface area contributed by atoms with E-state index in [1.165, 1.54) is 6.39 Å². The first kappa shape index (κ1) is 8.46. The fourth-order valence-electron chi connectivity index (χ4n) is 2.04. The van der Waals surface area contributed by atoms with Crippen LogP contribution in [0.1, 0.15) is 5.82 Å². The Morgan fingerprint density at radius 3 is 3.13 bits per heavy atom. The van der Waals surface area contributed by atoms with E-state index in [9.17, 15) is 4.79 Å². The maximum Gasteiger partial charge on any atom is 0.320 e. The van der Waals surface area contributed by atoms with E-state index in [0.29, 0.717) is 12.4 Å². The molecule has 1 fully saturated rings. The number of rotatable bonds is 1. The minimum Gasteiger partial charge on any atom is -0.342 e. The second-order valence-electron chi connectivity index (χ2n) is 3.79. The van der Waals surface area contributed by atoms with Gasteiger partial charge in [0.2, 0.25) is 6.39 Å². The quantitative estimate of drug-likeness (QED) is 0.658. The zero-order valence-electron chi connectivity index (χ0n) is 8.25. The van der Waals surface area contributed by atoms with Gasteiger partial charge in [0.15, 0.2) is 5.82 Å². The fourth-order valence-corrected chi connectivity index (χ4v) is 2.04. The van der Waals surface area contributed by atoms with Gasteiger partial charge in [-0.05, 0) is 0 Å². The number of likely N-dealkylation sites (N-methyl/N-ethyl adjacent to an activating group) is 1. The van der Waals surface area contributed by atoms with E-state index in [2.05, 4.69) is 10.1 Å². The van der Waals surface area contributed by atoms with Gasteiger partial charge in [0, 0.05) is 19.2 Å². The minimum absolute atomic E-state index is 0.0646. The molecule has 0 saturated carbocycles. The average Bonchev–Trinajstić information content (AvgIpc) is 2.84. The van der Waals surface area contributed by atoms with Crippen molar-refractivity contribution >= 4 is 11.6 Å². The molecule has 0 radical (unpaired) electrons. The molecule has 2 amide bonds. The van der Waals surface area contributed by atoms with Gasteiger partial charge >= 0.3 is 6.03 Å². The van der Waals surface area contributed by atoms with Gasteiger partial charge < -0.3 is 14.3 Å². The average molecular weight is 206 g/mol. The molecule has 2 bridgehead atoms. The molecule has 6 heteroatoms. The number of nitrogens with zero attached hydrogens (tertiary/aromatic N) is 4. The molecular formula is C9H10N4O2. The molecule has 15 heavy (non-hydrogen) atoms. The van der Waals surface area contributed by atoms with Gasteiger partial charge in [0.1, 0.15) is 0 Å². The fraction of sp³-hybridized carbons (Fsp3) is 0.444. The van der Waals surface area contributed by atoms with Crippen LogP contribution < -0.4 is 0 Å². The second-order valence-corrected chi connectivity index (χ2v) is 3.79. The van der Waals surface area contributed by atoms with Crippen molar-refractivity contribution in [1.82, 2.24) is 19.9 Å². The molecule has 2 aliphatic rings. The lowest BCUT2D eigenvalue weighted by Gasteiger charge is -2.19. The van der Waals surface area contributed by atoms with Crippen molar-refractivity contribution in [1.29, 1.82) is 0 Å². The Kier molecular flexibility index (Phi) is 1.59. The van der Waals surface area contributed by atoms with Crippen LogP contribution in [0.4, 0.5) is 4.79 Å². The molecule has 78 valence electrons. The third kappa shape index (κ3) is 1.14. The summed E-state index contributed by atoms with van der Waals surface area (Å²) in [5, 5.41) is 3.78. The van der Waals surface area contributed by atoms with Gasteiger partial charge in [-0.15, -0.1) is 0 Å². The molecule has 3 heterocycles. The standard InChI is InChI=1S/C9H10N4O2/c1-12-7-2-6(8-10-5-15-11-8)3-13(4-7)9(12)14/h2,5,7H,3-4H2,1H3. The Balaban J connectivity index is 1.96. The highest BCUT2D eigenvalue weighted by molar-refractivity contribution is 5.82. The number of carbonyl (C=O) groups excluding carboxylic acids is 1. The Labute approximate surface area is 86.2 Å². The normalized spacial score (nSPS) is 24.7. The zero-order chi connectivity index (χ0) is 10.4. The van der Waals surface area contributed by atoms with Crippen LogP contribution in [0.5, 0.6) is 0 Å². The molecule has 1 atom stereocenters. The molecule has 1 saturated heterocycles. The van der Waals surface area contributed by atoms with Crippen LogP contribution in [0.2, 0.25) is 0 Å². The number of fused-ring (bicyclic) bond motifs is 2. The maximum absolute atomic E-state index is 11.7. The van der Waals surface area contributed by atoms with Gasteiger partial charge in [0.05, 0.1) is 12.6 Å². The van der Waals surface area contributed by atoms with Crippen molar-refractivity contribution in [3.05, 3.63) is 18.3 Å². The van der Waals surface area contributed by atoms with E-state index in [1.54, 1.807) is 9.80 Å². The molecule has 0 aliphatic carbocycles. The van der Waals surface area contributed by atoms with Gasteiger partial charge in [-0.25, -0.2) is 4.79 Å². The molecule has 0 spiro atoms. The van der Waals surface area contributed by atoms with E-state index < -0.39 is 0 Å². The summed E-state index contributed by atoms with van der Waals surface area (Å²) in [6, 6.07) is 0.203. The molecule has 3 rings (SSSR count). The highest BCUT2D eigenvalue weighted by atomic mass is 16.5. The lowest BCUT2D eigenvalue weighted by Crippen LogP contribution is -2.30. The van der Waals surface area contributed by atoms with Crippen molar-refractivity contribution in [3.63, 3.8) is 0 Å². The number of amides is 2. The molecule has 0 aromatic carbocycles. The second kappa shape index (κ2) is 2.82. The Morgan fingerprint density at radius 1 is 1.60 bits per heavy atom. The zero-order valence-corrected chi connectivity index (χ0v) is 8.25. The van der Waals surface area contributed by atoms with Crippen molar-refractivity contribution in [2.45, 2.75) is 6.04 Å². The minimum atomic E-state index is 0.0646. The van der Waals surface area contributed by atoms with E-state index in [1.807, 2.05) is 13.1 Å². The van der Waals surface area contributed by atoms with Crippen LogP contribution >= 0.6 is 0 Å². The topological polar surface area (TPSA) is 62.5 Å².